The first kappa shape index (κ1) is 15.0. The molecule has 0 unspecified atom stereocenters. The summed E-state index contributed by atoms with van der Waals surface area (Å²) in [6.07, 6.45) is 0. The highest BCUT2D eigenvalue weighted by atomic mass is 32.2. The van der Waals surface area contributed by atoms with Crippen LogP contribution in [0.15, 0.2) is 29.2 Å². The van der Waals surface area contributed by atoms with Crippen LogP contribution < -0.4 is 0 Å². The van der Waals surface area contributed by atoms with Gasteiger partial charge >= 0.3 is 5.97 Å². The van der Waals surface area contributed by atoms with Crippen LogP contribution >= 0.6 is 23.1 Å². The van der Waals surface area contributed by atoms with Gasteiger partial charge in [0.1, 0.15) is 15.7 Å². The molecule has 1 aromatic heterocycles. The predicted octanol–water partition coefficient (Wildman–Crippen LogP) is 3.42. The summed E-state index contributed by atoms with van der Waals surface area (Å²) in [5.74, 6) is -0.730. The monoisotopic (exact) mass is 313 g/mol. The molecule has 0 aliphatic heterocycles. The lowest BCUT2D eigenvalue weighted by molar-refractivity contribution is 0.0697. The zero-order valence-corrected chi connectivity index (χ0v) is 12.3. The van der Waals surface area contributed by atoms with E-state index < -0.39 is 5.97 Å². The molecular weight excluding hydrogens is 301 g/mol. The number of thioether (sulfide) groups is 1. The average Bonchev–Trinajstić information content (AvgIpc) is 2.82. The predicted molar refractivity (Wildman–Crippen MR) is 75.7 cm³/mol. The summed E-state index contributed by atoms with van der Waals surface area (Å²) in [5.41, 5.74) is 0.444. The Morgan fingerprint density at radius 3 is 2.75 bits per heavy atom. The number of benzene rings is 1. The second-order valence-electron chi connectivity index (χ2n) is 3.86. The lowest BCUT2D eigenvalue weighted by Gasteiger charge is -1.98. The number of thiazole rings is 1. The van der Waals surface area contributed by atoms with E-state index in [9.17, 15) is 9.18 Å². The zero-order chi connectivity index (χ0) is 14.5. The number of hydrogen-bond donors (Lipinski definition) is 1. The summed E-state index contributed by atoms with van der Waals surface area (Å²) in [4.78, 5) is 16.5. The lowest BCUT2D eigenvalue weighted by atomic mass is 10.4. The maximum atomic E-state index is 12.8. The molecule has 0 aliphatic carbocycles. The maximum absolute atomic E-state index is 12.8. The van der Waals surface area contributed by atoms with Gasteiger partial charge in [-0.15, -0.1) is 23.1 Å². The van der Waals surface area contributed by atoms with Gasteiger partial charge in [0.15, 0.2) is 0 Å². The van der Waals surface area contributed by atoms with Crippen LogP contribution in [0.4, 0.5) is 4.39 Å². The molecule has 4 nitrogen and oxygen atoms in total. The number of rotatable bonds is 6. The molecule has 1 aromatic carbocycles. The van der Waals surface area contributed by atoms with Gasteiger partial charge in [0.2, 0.25) is 0 Å². The third kappa shape index (κ3) is 3.78. The minimum atomic E-state index is -0.993. The normalized spacial score (nSPS) is 10.7. The van der Waals surface area contributed by atoms with Gasteiger partial charge in [0, 0.05) is 12.0 Å². The first-order valence-electron chi connectivity index (χ1n) is 5.69. The highest BCUT2D eigenvalue weighted by molar-refractivity contribution is 7.98. The smallest absolute Gasteiger partial charge is 0.347 e. The fourth-order valence-electron chi connectivity index (χ4n) is 1.54. The molecule has 20 heavy (non-hydrogen) atoms. The number of aromatic nitrogens is 1. The van der Waals surface area contributed by atoms with Crippen LogP contribution in [0.5, 0.6) is 0 Å². The number of hydrogen-bond acceptors (Lipinski definition) is 5. The van der Waals surface area contributed by atoms with Crippen molar-refractivity contribution in [2.24, 2.45) is 0 Å². The van der Waals surface area contributed by atoms with E-state index >= 15 is 0 Å². The number of carboxylic acids is 1. The number of carbonyl (C=O) groups is 1. The fourth-order valence-corrected chi connectivity index (χ4v) is 3.34. The third-order valence-corrected chi connectivity index (χ3v) is 4.68. The summed E-state index contributed by atoms with van der Waals surface area (Å²) >= 11 is 2.63. The zero-order valence-electron chi connectivity index (χ0n) is 10.6. The number of aromatic carboxylic acids is 1. The van der Waals surface area contributed by atoms with E-state index in [2.05, 4.69) is 4.98 Å². The molecule has 2 rings (SSSR count). The SMILES string of the molecule is COCc1nc(CSc2ccc(F)cc2)sc1C(=O)O. The quantitative estimate of drug-likeness (QED) is 0.828. The number of nitrogens with zero attached hydrogens (tertiary/aromatic N) is 1. The van der Waals surface area contributed by atoms with Crippen LogP contribution in [0.25, 0.3) is 0 Å². The van der Waals surface area contributed by atoms with Crippen LogP contribution in [0.3, 0.4) is 0 Å². The summed E-state index contributed by atoms with van der Waals surface area (Å²) in [6.45, 7) is 0.180. The van der Waals surface area contributed by atoms with Crippen LogP contribution in [-0.2, 0) is 17.1 Å². The second-order valence-corrected chi connectivity index (χ2v) is 6.00. The first-order valence-corrected chi connectivity index (χ1v) is 7.49. The van der Waals surface area contributed by atoms with Crippen LogP contribution in [0.1, 0.15) is 20.4 Å². The van der Waals surface area contributed by atoms with Crippen LogP contribution in [0.2, 0.25) is 0 Å². The minimum Gasteiger partial charge on any atom is -0.477 e. The molecule has 0 fully saturated rings. The van der Waals surface area contributed by atoms with E-state index in [1.807, 2.05) is 0 Å². The minimum absolute atomic E-state index is 0.180. The molecule has 0 spiro atoms. The van der Waals surface area contributed by atoms with Crippen molar-refractivity contribution in [3.63, 3.8) is 0 Å². The van der Waals surface area contributed by atoms with Gasteiger partial charge < -0.3 is 9.84 Å². The lowest BCUT2D eigenvalue weighted by Crippen LogP contribution is -1.99. The van der Waals surface area contributed by atoms with Crippen LogP contribution in [0, 0.1) is 5.82 Å². The van der Waals surface area contributed by atoms with Crippen molar-refractivity contribution in [2.45, 2.75) is 17.3 Å². The third-order valence-electron chi connectivity index (χ3n) is 2.39. The van der Waals surface area contributed by atoms with Crippen molar-refractivity contribution in [1.82, 2.24) is 4.98 Å². The van der Waals surface area contributed by atoms with E-state index in [4.69, 9.17) is 9.84 Å². The maximum Gasteiger partial charge on any atom is 0.347 e. The Kier molecular flexibility index (Phi) is 5.11. The van der Waals surface area contributed by atoms with Crippen molar-refractivity contribution in [1.29, 1.82) is 0 Å². The van der Waals surface area contributed by atoms with Gasteiger partial charge in [-0.1, -0.05) is 0 Å². The first-order chi connectivity index (χ1) is 9.60. The molecular formula is C13H12FNO3S2. The van der Waals surface area contributed by atoms with Gasteiger partial charge in [-0.3, -0.25) is 0 Å². The van der Waals surface area contributed by atoms with Crippen LogP contribution in [-0.4, -0.2) is 23.2 Å². The van der Waals surface area contributed by atoms with Gasteiger partial charge in [-0.25, -0.2) is 14.2 Å². The Balaban J connectivity index is 2.07. The summed E-state index contributed by atoms with van der Waals surface area (Å²) in [5, 5.41) is 9.80. The Morgan fingerprint density at radius 2 is 2.15 bits per heavy atom. The van der Waals surface area contributed by atoms with E-state index in [-0.39, 0.29) is 17.3 Å². The number of carboxylic acid groups (broad SMARTS) is 1. The molecule has 0 radical (unpaired) electrons. The van der Waals surface area contributed by atoms with Crippen molar-refractivity contribution in [2.75, 3.05) is 7.11 Å². The largest absolute Gasteiger partial charge is 0.477 e. The Morgan fingerprint density at radius 1 is 1.45 bits per heavy atom. The molecule has 0 aliphatic rings. The van der Waals surface area contributed by atoms with E-state index in [1.165, 1.54) is 31.0 Å². The van der Waals surface area contributed by atoms with Crippen molar-refractivity contribution in [3.8, 4) is 0 Å². The van der Waals surface area contributed by atoms with Gasteiger partial charge in [-0.2, -0.15) is 0 Å². The van der Waals surface area contributed by atoms with Gasteiger partial charge in [0.05, 0.1) is 18.1 Å². The highest BCUT2D eigenvalue weighted by Gasteiger charge is 2.17. The number of ether oxygens (including phenoxy) is 1. The Labute approximate surface area is 123 Å². The fraction of sp³-hybridized carbons (Fsp3) is 0.231. The molecule has 1 N–H and O–H groups in total. The Bertz CT molecular complexity index is 598. The van der Waals surface area contributed by atoms with Gasteiger partial charge in [-0.05, 0) is 24.3 Å². The summed E-state index contributed by atoms with van der Waals surface area (Å²) < 4.78 is 17.7. The average molecular weight is 313 g/mol. The molecule has 7 heteroatoms. The number of halogens is 1. The molecule has 1 heterocycles. The summed E-state index contributed by atoms with van der Waals surface area (Å²) in [7, 11) is 1.50. The van der Waals surface area contributed by atoms with Crippen molar-refractivity contribution in [3.05, 3.63) is 45.7 Å². The topological polar surface area (TPSA) is 59.4 Å². The number of methoxy groups -OCH3 is 1. The van der Waals surface area contributed by atoms with Gasteiger partial charge in [0.25, 0.3) is 0 Å². The molecule has 0 saturated heterocycles. The van der Waals surface area contributed by atoms with Crippen molar-refractivity contribution >= 4 is 29.1 Å². The van der Waals surface area contributed by atoms with E-state index in [0.717, 1.165) is 16.2 Å². The molecule has 0 amide bonds. The molecule has 0 saturated carbocycles. The van der Waals surface area contributed by atoms with E-state index in [0.29, 0.717) is 16.5 Å². The van der Waals surface area contributed by atoms with Crippen molar-refractivity contribution < 1.29 is 19.0 Å². The molecule has 106 valence electrons. The second kappa shape index (κ2) is 6.83. The standard InChI is InChI=1S/C13H12FNO3S2/c1-18-6-10-12(13(16)17)20-11(15-10)7-19-9-4-2-8(14)3-5-9/h2-5H,6-7H2,1H3,(H,16,17). The molecule has 0 atom stereocenters. The Hall–Kier alpha value is -1.44. The molecule has 0 bridgehead atoms. The molecule has 2 aromatic rings. The summed E-state index contributed by atoms with van der Waals surface area (Å²) in [6, 6.07) is 6.15. The van der Waals surface area contributed by atoms with E-state index in [1.54, 1.807) is 12.1 Å². The highest BCUT2D eigenvalue weighted by Crippen LogP contribution is 2.27.